The zero-order chi connectivity index (χ0) is 8.20. The fourth-order valence-corrected chi connectivity index (χ4v) is 0.392. The highest BCUT2D eigenvalue weighted by atomic mass is 16.5. The van der Waals surface area contributed by atoms with Gasteiger partial charge < -0.3 is 14.9 Å². The summed E-state index contributed by atoms with van der Waals surface area (Å²) in [6.45, 7) is 5.44. The third kappa shape index (κ3) is 4.73. The average Bonchev–Trinajstić information content (AvgIpc) is 1.85. The summed E-state index contributed by atoms with van der Waals surface area (Å²) in [5.41, 5.74) is -0.531. The summed E-state index contributed by atoms with van der Waals surface area (Å²) in [5, 5.41) is 17.5. The van der Waals surface area contributed by atoms with E-state index in [0.717, 1.165) is 0 Å². The van der Waals surface area contributed by atoms with Crippen molar-refractivity contribution >= 4 is 0 Å². The van der Waals surface area contributed by atoms with Crippen molar-refractivity contribution in [3.05, 3.63) is 0 Å². The first kappa shape index (κ1) is 9.88. The van der Waals surface area contributed by atoms with E-state index in [-0.39, 0.29) is 13.2 Å². The van der Waals surface area contributed by atoms with Crippen molar-refractivity contribution in [1.82, 2.24) is 0 Å². The Morgan fingerprint density at radius 1 is 1.50 bits per heavy atom. The number of hydrogen-bond donors (Lipinski definition) is 2. The predicted octanol–water partition coefficient (Wildman–Crippen LogP) is 0.155. The summed E-state index contributed by atoms with van der Waals surface area (Å²) in [7, 11) is 0. The minimum Gasteiger partial charge on any atom is -0.393 e. The van der Waals surface area contributed by atoms with Gasteiger partial charge in [0.2, 0.25) is 0 Å². The molecule has 3 heteroatoms. The molecule has 2 N–H and O–H groups in total. The van der Waals surface area contributed by atoms with Crippen LogP contribution in [0.1, 0.15) is 20.8 Å². The molecule has 0 bridgehead atoms. The number of aliphatic hydroxyl groups excluding tert-OH is 2. The maximum atomic E-state index is 8.80. The van der Waals surface area contributed by atoms with E-state index in [1.54, 1.807) is 20.8 Å². The summed E-state index contributed by atoms with van der Waals surface area (Å²) >= 11 is 0. The van der Waals surface area contributed by atoms with Crippen LogP contribution in [0.2, 0.25) is 0 Å². The molecule has 62 valence electrons. The van der Waals surface area contributed by atoms with Gasteiger partial charge >= 0.3 is 0 Å². The van der Waals surface area contributed by atoms with Crippen LogP contribution in [0.25, 0.3) is 0 Å². The van der Waals surface area contributed by atoms with E-state index >= 15 is 0 Å². The first-order chi connectivity index (χ1) is 4.48. The lowest BCUT2D eigenvalue weighted by Gasteiger charge is -2.23. The Morgan fingerprint density at radius 2 is 2.00 bits per heavy atom. The van der Waals surface area contributed by atoms with Crippen molar-refractivity contribution in [3.8, 4) is 0 Å². The summed E-state index contributed by atoms with van der Waals surface area (Å²) in [6, 6.07) is 0. The van der Waals surface area contributed by atoms with E-state index in [2.05, 4.69) is 0 Å². The van der Waals surface area contributed by atoms with Crippen molar-refractivity contribution in [2.45, 2.75) is 32.5 Å². The van der Waals surface area contributed by atoms with Crippen LogP contribution in [0.15, 0.2) is 0 Å². The normalized spacial score (nSPS) is 15.3. The van der Waals surface area contributed by atoms with E-state index in [1.807, 2.05) is 0 Å². The third-order valence-electron chi connectivity index (χ3n) is 1.10. The van der Waals surface area contributed by atoms with Gasteiger partial charge in [0.1, 0.15) is 0 Å². The van der Waals surface area contributed by atoms with Crippen LogP contribution in [0.5, 0.6) is 0 Å². The summed E-state index contributed by atoms with van der Waals surface area (Å²) < 4.78 is 5.14. The van der Waals surface area contributed by atoms with Gasteiger partial charge in [0.15, 0.2) is 0 Å². The van der Waals surface area contributed by atoms with Crippen LogP contribution in [0.3, 0.4) is 0 Å². The second-order valence-electron chi connectivity index (χ2n) is 3.08. The van der Waals surface area contributed by atoms with Gasteiger partial charge in [-0.15, -0.1) is 0 Å². The number of rotatable bonds is 4. The highest BCUT2D eigenvalue weighted by Gasteiger charge is 2.16. The number of hydrogen-bond acceptors (Lipinski definition) is 3. The van der Waals surface area contributed by atoms with E-state index in [1.165, 1.54) is 0 Å². The molecule has 0 aromatic carbocycles. The molecule has 0 spiro atoms. The van der Waals surface area contributed by atoms with Crippen LogP contribution in [0.4, 0.5) is 0 Å². The molecule has 0 rings (SSSR count). The van der Waals surface area contributed by atoms with Crippen molar-refractivity contribution in [2.24, 2.45) is 0 Å². The van der Waals surface area contributed by atoms with Gasteiger partial charge in [-0.05, 0) is 20.8 Å². The number of ether oxygens (including phenoxy) is 1. The Labute approximate surface area is 61.6 Å². The molecule has 0 radical (unpaired) electrons. The Kier molecular flexibility index (Phi) is 3.86. The zero-order valence-corrected chi connectivity index (χ0v) is 6.79. The van der Waals surface area contributed by atoms with Crippen LogP contribution in [-0.4, -0.2) is 35.1 Å². The molecule has 0 heterocycles. The van der Waals surface area contributed by atoms with Crippen molar-refractivity contribution in [3.63, 3.8) is 0 Å². The van der Waals surface area contributed by atoms with Crippen LogP contribution in [0, 0.1) is 0 Å². The molecule has 10 heavy (non-hydrogen) atoms. The minimum absolute atomic E-state index is 0.0281. The van der Waals surface area contributed by atoms with Crippen LogP contribution >= 0.6 is 0 Å². The lowest BCUT2D eigenvalue weighted by atomic mass is 10.1. The molecule has 1 atom stereocenters. The number of aliphatic hydroxyl groups is 2. The first-order valence-corrected chi connectivity index (χ1v) is 3.41. The molecule has 0 amide bonds. The molecule has 3 nitrogen and oxygen atoms in total. The monoisotopic (exact) mass is 148 g/mol. The Bertz CT molecular complexity index is 88.9. The maximum absolute atomic E-state index is 8.80. The van der Waals surface area contributed by atoms with Gasteiger partial charge in [-0.1, -0.05) is 0 Å². The maximum Gasteiger partial charge on any atom is 0.0857 e. The van der Waals surface area contributed by atoms with Gasteiger partial charge in [0.25, 0.3) is 0 Å². The molecule has 0 aliphatic rings. The molecular formula is C7H16O3. The van der Waals surface area contributed by atoms with Crippen LogP contribution < -0.4 is 0 Å². The van der Waals surface area contributed by atoms with Gasteiger partial charge in [-0.2, -0.15) is 0 Å². The van der Waals surface area contributed by atoms with Crippen LogP contribution in [-0.2, 0) is 4.74 Å². The Balaban J connectivity index is 3.46. The van der Waals surface area contributed by atoms with E-state index < -0.39 is 11.7 Å². The summed E-state index contributed by atoms with van der Waals surface area (Å²) in [4.78, 5) is 0. The van der Waals surface area contributed by atoms with E-state index in [0.29, 0.717) is 0 Å². The topological polar surface area (TPSA) is 49.7 Å². The van der Waals surface area contributed by atoms with Crippen molar-refractivity contribution in [2.75, 3.05) is 13.2 Å². The van der Waals surface area contributed by atoms with E-state index in [4.69, 9.17) is 14.9 Å². The largest absolute Gasteiger partial charge is 0.393 e. The lowest BCUT2D eigenvalue weighted by molar-refractivity contribution is -0.0804. The molecule has 0 fully saturated rings. The first-order valence-electron chi connectivity index (χ1n) is 3.41. The molecule has 0 saturated carbocycles. The Morgan fingerprint density at radius 3 is 2.30 bits per heavy atom. The molecule has 0 aromatic rings. The smallest absolute Gasteiger partial charge is 0.0857 e. The molecule has 0 aliphatic heterocycles. The molecule has 0 aliphatic carbocycles. The Hall–Kier alpha value is -0.120. The van der Waals surface area contributed by atoms with Crippen molar-refractivity contribution in [1.29, 1.82) is 0 Å². The van der Waals surface area contributed by atoms with Gasteiger partial charge in [-0.3, -0.25) is 0 Å². The quantitative estimate of drug-likeness (QED) is 0.597. The van der Waals surface area contributed by atoms with E-state index in [9.17, 15) is 0 Å². The second-order valence-corrected chi connectivity index (χ2v) is 3.08. The SMILES string of the molecule is CC(O)COC(C)(C)CO. The fraction of sp³-hybridized carbons (Fsp3) is 1.00. The highest BCUT2D eigenvalue weighted by Crippen LogP contribution is 2.07. The average molecular weight is 148 g/mol. The zero-order valence-electron chi connectivity index (χ0n) is 6.79. The van der Waals surface area contributed by atoms with Crippen molar-refractivity contribution < 1.29 is 14.9 Å². The second kappa shape index (κ2) is 3.91. The highest BCUT2D eigenvalue weighted by molar-refractivity contribution is 4.66. The molecule has 0 saturated heterocycles. The summed E-state index contributed by atoms with van der Waals surface area (Å²) in [5.74, 6) is 0. The van der Waals surface area contributed by atoms with Gasteiger partial charge in [0, 0.05) is 0 Å². The minimum atomic E-state index is -0.531. The summed E-state index contributed by atoms with van der Waals surface area (Å²) in [6.07, 6.45) is -0.467. The van der Waals surface area contributed by atoms with Gasteiger partial charge in [-0.25, -0.2) is 0 Å². The third-order valence-corrected chi connectivity index (χ3v) is 1.10. The standard InChI is InChI=1S/C7H16O3/c1-6(9)4-10-7(2,3)5-8/h6,8-9H,4-5H2,1-3H3. The predicted molar refractivity (Wildman–Crippen MR) is 38.8 cm³/mol. The lowest BCUT2D eigenvalue weighted by Crippen LogP contribution is -2.31. The fourth-order valence-electron chi connectivity index (χ4n) is 0.392. The molecule has 0 aromatic heterocycles. The van der Waals surface area contributed by atoms with Gasteiger partial charge in [0.05, 0.1) is 24.9 Å². The molecule has 1 unspecified atom stereocenters. The molecular weight excluding hydrogens is 132 g/mol.